The van der Waals surface area contributed by atoms with Gasteiger partial charge in [-0.2, -0.15) is 0 Å². The molecule has 0 aliphatic carbocycles. The highest BCUT2D eigenvalue weighted by atomic mass is 35.5. The van der Waals surface area contributed by atoms with Crippen LogP contribution in [0.25, 0.3) is 10.9 Å². The maximum atomic E-state index is 6.33. The fourth-order valence-electron chi connectivity index (χ4n) is 2.57. The average Bonchev–Trinajstić information content (AvgIpc) is 2.54. The van der Waals surface area contributed by atoms with Crippen molar-refractivity contribution in [3.63, 3.8) is 0 Å². The minimum atomic E-state index is 0.300. The van der Waals surface area contributed by atoms with Crippen molar-refractivity contribution in [1.29, 1.82) is 0 Å². The molecule has 1 aromatic carbocycles. The Labute approximate surface area is 128 Å². The first-order valence-corrected chi connectivity index (χ1v) is 7.27. The van der Waals surface area contributed by atoms with Crippen LogP contribution in [0.4, 0.5) is 0 Å². The molecule has 1 aliphatic rings. The molecule has 0 saturated carbocycles. The molecule has 1 saturated heterocycles. The molecule has 1 aliphatic heterocycles. The maximum Gasteiger partial charge on any atom is 0.162 e. The van der Waals surface area contributed by atoms with Gasteiger partial charge in [-0.1, -0.05) is 11.6 Å². The molecule has 2 heterocycles. The number of aromatic nitrogens is 2. The lowest BCUT2D eigenvalue weighted by Gasteiger charge is -2.21. The van der Waals surface area contributed by atoms with E-state index in [2.05, 4.69) is 9.97 Å². The number of ether oxygens (including phenoxy) is 3. The standard InChI is InChI=1S/C15H17ClN2O3/c1-19-12-7-10-11(8-13(12)20-2)17-15(18-14(10)16)9-3-5-21-6-4-9/h7-9H,3-6H2,1-2H3. The zero-order chi connectivity index (χ0) is 14.8. The zero-order valence-corrected chi connectivity index (χ0v) is 12.8. The second-order valence-corrected chi connectivity index (χ2v) is 5.34. The van der Waals surface area contributed by atoms with Crippen molar-refractivity contribution in [2.75, 3.05) is 27.4 Å². The summed E-state index contributed by atoms with van der Waals surface area (Å²) >= 11 is 6.33. The third-order valence-electron chi connectivity index (χ3n) is 3.76. The molecule has 2 aromatic rings. The predicted molar refractivity (Wildman–Crippen MR) is 80.4 cm³/mol. The quantitative estimate of drug-likeness (QED) is 0.815. The summed E-state index contributed by atoms with van der Waals surface area (Å²) < 4.78 is 16.0. The monoisotopic (exact) mass is 308 g/mol. The van der Waals surface area contributed by atoms with Crippen LogP contribution in [0, 0.1) is 0 Å². The van der Waals surface area contributed by atoms with Gasteiger partial charge in [-0.25, -0.2) is 9.97 Å². The molecule has 0 atom stereocenters. The predicted octanol–water partition coefficient (Wildman–Crippen LogP) is 3.19. The highest BCUT2D eigenvalue weighted by molar-refractivity contribution is 6.34. The van der Waals surface area contributed by atoms with E-state index < -0.39 is 0 Å². The Hall–Kier alpha value is -1.59. The summed E-state index contributed by atoms with van der Waals surface area (Å²) in [5.74, 6) is 2.34. The van der Waals surface area contributed by atoms with Gasteiger partial charge >= 0.3 is 0 Å². The highest BCUT2D eigenvalue weighted by Crippen LogP contribution is 2.35. The van der Waals surface area contributed by atoms with Crippen molar-refractivity contribution < 1.29 is 14.2 Å². The molecule has 5 nitrogen and oxygen atoms in total. The van der Waals surface area contributed by atoms with Crippen LogP contribution >= 0.6 is 11.6 Å². The SMILES string of the molecule is COc1cc2nc(C3CCOCC3)nc(Cl)c2cc1OC. The van der Waals surface area contributed by atoms with E-state index in [0.29, 0.717) is 22.6 Å². The molecule has 6 heteroatoms. The minimum absolute atomic E-state index is 0.300. The molecule has 1 aromatic heterocycles. The van der Waals surface area contributed by atoms with E-state index in [4.69, 9.17) is 25.8 Å². The first-order valence-electron chi connectivity index (χ1n) is 6.90. The van der Waals surface area contributed by atoms with Gasteiger partial charge in [0.1, 0.15) is 11.0 Å². The van der Waals surface area contributed by atoms with Crippen LogP contribution in [0.15, 0.2) is 12.1 Å². The van der Waals surface area contributed by atoms with Gasteiger partial charge in [0.05, 0.1) is 19.7 Å². The Bertz CT molecular complexity index is 657. The van der Waals surface area contributed by atoms with Gasteiger partial charge in [0.2, 0.25) is 0 Å². The summed E-state index contributed by atoms with van der Waals surface area (Å²) in [6.07, 6.45) is 1.85. The van der Waals surface area contributed by atoms with Crippen LogP contribution in [0.2, 0.25) is 5.15 Å². The smallest absolute Gasteiger partial charge is 0.162 e. The van der Waals surface area contributed by atoms with Crippen LogP contribution in [0.3, 0.4) is 0 Å². The lowest BCUT2D eigenvalue weighted by atomic mass is 9.99. The summed E-state index contributed by atoms with van der Waals surface area (Å²) in [5.41, 5.74) is 0.772. The highest BCUT2D eigenvalue weighted by Gasteiger charge is 2.21. The molecule has 0 N–H and O–H groups in total. The summed E-state index contributed by atoms with van der Waals surface area (Å²) in [6.45, 7) is 1.49. The average molecular weight is 309 g/mol. The summed E-state index contributed by atoms with van der Waals surface area (Å²) in [7, 11) is 3.20. The third kappa shape index (κ3) is 2.76. The molecular weight excluding hydrogens is 292 g/mol. The van der Waals surface area contributed by atoms with Crippen LogP contribution in [-0.2, 0) is 4.74 Å². The van der Waals surface area contributed by atoms with Crippen molar-refractivity contribution >= 4 is 22.5 Å². The number of nitrogens with zero attached hydrogens (tertiary/aromatic N) is 2. The zero-order valence-electron chi connectivity index (χ0n) is 12.1. The Morgan fingerprint density at radius 2 is 1.76 bits per heavy atom. The molecule has 1 fully saturated rings. The number of hydrogen-bond donors (Lipinski definition) is 0. The van der Waals surface area contributed by atoms with Gasteiger partial charge in [-0.3, -0.25) is 0 Å². The molecule has 0 radical (unpaired) electrons. The Morgan fingerprint density at radius 3 is 2.43 bits per heavy atom. The molecule has 0 unspecified atom stereocenters. The molecule has 0 spiro atoms. The lowest BCUT2D eigenvalue weighted by molar-refractivity contribution is 0.0836. The van der Waals surface area contributed by atoms with Gasteiger partial charge in [-0.05, 0) is 18.9 Å². The van der Waals surface area contributed by atoms with Gasteiger partial charge in [0.15, 0.2) is 11.5 Å². The molecule has 3 rings (SSSR count). The van der Waals surface area contributed by atoms with Crippen LogP contribution in [0.5, 0.6) is 11.5 Å². The number of fused-ring (bicyclic) bond motifs is 1. The third-order valence-corrected chi connectivity index (χ3v) is 4.05. The number of methoxy groups -OCH3 is 2. The molecule has 0 amide bonds. The van der Waals surface area contributed by atoms with Gasteiger partial charge in [0.25, 0.3) is 0 Å². The fraction of sp³-hybridized carbons (Fsp3) is 0.467. The van der Waals surface area contributed by atoms with Gasteiger partial charge in [0, 0.05) is 30.6 Å². The van der Waals surface area contributed by atoms with Crippen LogP contribution in [0.1, 0.15) is 24.6 Å². The molecule has 21 heavy (non-hydrogen) atoms. The Morgan fingerprint density at radius 1 is 1.10 bits per heavy atom. The van der Waals surface area contributed by atoms with Crippen molar-refractivity contribution in [2.45, 2.75) is 18.8 Å². The van der Waals surface area contributed by atoms with Gasteiger partial charge in [-0.15, -0.1) is 0 Å². The lowest BCUT2D eigenvalue weighted by Crippen LogP contribution is -2.16. The second kappa shape index (κ2) is 6.03. The van der Waals surface area contributed by atoms with Crippen molar-refractivity contribution in [3.05, 3.63) is 23.1 Å². The molecule has 112 valence electrons. The number of hydrogen-bond acceptors (Lipinski definition) is 5. The van der Waals surface area contributed by atoms with E-state index in [1.165, 1.54) is 0 Å². The first-order chi connectivity index (χ1) is 10.2. The van der Waals surface area contributed by atoms with Crippen molar-refractivity contribution in [1.82, 2.24) is 9.97 Å². The van der Waals surface area contributed by atoms with E-state index in [1.807, 2.05) is 12.1 Å². The largest absolute Gasteiger partial charge is 0.493 e. The Balaban J connectivity index is 2.09. The first kappa shape index (κ1) is 14.4. The number of halogens is 1. The second-order valence-electron chi connectivity index (χ2n) is 4.98. The van der Waals surface area contributed by atoms with E-state index in [-0.39, 0.29) is 0 Å². The summed E-state index contributed by atoms with van der Waals surface area (Å²) in [5, 5.41) is 1.22. The summed E-state index contributed by atoms with van der Waals surface area (Å²) in [4.78, 5) is 9.12. The van der Waals surface area contributed by atoms with E-state index in [0.717, 1.165) is 42.8 Å². The van der Waals surface area contributed by atoms with Crippen LogP contribution in [-0.4, -0.2) is 37.4 Å². The Kier molecular flexibility index (Phi) is 4.12. The number of benzene rings is 1. The van der Waals surface area contributed by atoms with Gasteiger partial charge < -0.3 is 14.2 Å². The maximum absolute atomic E-state index is 6.33. The van der Waals surface area contributed by atoms with E-state index >= 15 is 0 Å². The normalized spacial score (nSPS) is 16.1. The molecular formula is C15H17ClN2O3. The van der Waals surface area contributed by atoms with Crippen molar-refractivity contribution in [3.8, 4) is 11.5 Å². The van der Waals surface area contributed by atoms with E-state index in [1.54, 1.807) is 14.2 Å². The fourth-order valence-corrected chi connectivity index (χ4v) is 2.81. The number of rotatable bonds is 3. The topological polar surface area (TPSA) is 53.5 Å². The van der Waals surface area contributed by atoms with E-state index in [9.17, 15) is 0 Å². The summed E-state index contributed by atoms with van der Waals surface area (Å²) in [6, 6.07) is 3.65. The van der Waals surface area contributed by atoms with Crippen molar-refractivity contribution in [2.24, 2.45) is 0 Å². The van der Waals surface area contributed by atoms with Crippen LogP contribution < -0.4 is 9.47 Å². The minimum Gasteiger partial charge on any atom is -0.493 e. The molecule has 0 bridgehead atoms.